The van der Waals surface area contributed by atoms with E-state index in [0.29, 0.717) is 56.5 Å². The van der Waals surface area contributed by atoms with Crippen LogP contribution in [0.5, 0.6) is 0 Å². The molecular weight excluding hydrogens is 859 g/mol. The number of aryl methyl sites for hydroxylation is 1. The van der Waals surface area contributed by atoms with Crippen LogP contribution in [0.1, 0.15) is 104 Å². The molecule has 4 aliphatic rings. The number of halogens is 4. The highest BCUT2D eigenvalue weighted by Gasteiger charge is 2.59. The maximum absolute atomic E-state index is 13.8. The summed E-state index contributed by atoms with van der Waals surface area (Å²) in [5, 5.41) is 21.9. The molecule has 7 rings (SSSR count). The fourth-order valence-electron chi connectivity index (χ4n) is 8.66. The lowest BCUT2D eigenvalue weighted by Crippen LogP contribution is -2.53. The second-order valence-electron chi connectivity index (χ2n) is 16.6. The Morgan fingerprint density at radius 3 is 2.32 bits per heavy atom. The van der Waals surface area contributed by atoms with Crippen LogP contribution in [-0.2, 0) is 42.5 Å². The van der Waals surface area contributed by atoms with Crippen molar-refractivity contribution >= 4 is 53.0 Å². The van der Waals surface area contributed by atoms with Gasteiger partial charge >= 0.3 is 18.3 Å². The van der Waals surface area contributed by atoms with E-state index in [0.717, 1.165) is 62.5 Å². The molecule has 2 unspecified atom stereocenters. The third-order valence-corrected chi connectivity index (χ3v) is 12.3. The summed E-state index contributed by atoms with van der Waals surface area (Å²) >= 11 is 0. The van der Waals surface area contributed by atoms with Gasteiger partial charge in [0.1, 0.15) is 24.4 Å². The first kappa shape index (κ1) is 46.4. The number of imide groups is 2. The summed E-state index contributed by atoms with van der Waals surface area (Å²) in [6.07, 6.45) is -1.36. The standard InChI is InChI=1S/C45H49F4N7O9/c1-26(45(47,48)49)54(24-27-8-10-29(46)11-9-27)37(58)25-55-41(62)44(65-43(55)64)19-18-28-22-31(13-15-34(28)44)52-42(63)51-21-7-5-3-2-4-6-20-50-30-12-14-32-33(23-30)40(61)56(39(32)60)35-16-17-36(57)53-38(35)59/h8-15,22-23,26,35,39,50,60H,2-7,16-21,24-25H2,1H3,(H2,51,52,63)(H,53,57,59)/t26-,35?,39?,44+/m0/s1. The van der Waals surface area contributed by atoms with Gasteiger partial charge in [0.05, 0.1) is 0 Å². The number of carbonyl (C=O) groups is 7. The van der Waals surface area contributed by atoms with Crippen LogP contribution in [0, 0.1) is 5.82 Å². The fourth-order valence-corrected chi connectivity index (χ4v) is 8.66. The van der Waals surface area contributed by atoms with Gasteiger partial charge in [-0.1, -0.05) is 49.9 Å². The summed E-state index contributed by atoms with van der Waals surface area (Å²) < 4.78 is 60.4. The van der Waals surface area contributed by atoms with E-state index < -0.39 is 90.7 Å². The average molecular weight is 908 g/mol. The van der Waals surface area contributed by atoms with Crippen molar-refractivity contribution in [2.24, 2.45) is 0 Å². The number of urea groups is 1. The van der Waals surface area contributed by atoms with Crippen molar-refractivity contribution in [3.63, 3.8) is 0 Å². The number of aliphatic hydroxyl groups excluding tert-OH is 1. The first-order valence-electron chi connectivity index (χ1n) is 21.5. The van der Waals surface area contributed by atoms with Crippen LogP contribution in [0.25, 0.3) is 0 Å². The van der Waals surface area contributed by atoms with Crippen LogP contribution < -0.4 is 21.3 Å². The number of aliphatic hydroxyl groups is 1. The molecule has 16 nitrogen and oxygen atoms in total. The van der Waals surface area contributed by atoms with Gasteiger partial charge in [-0.25, -0.2) is 18.9 Å². The van der Waals surface area contributed by atoms with Crippen molar-refractivity contribution in [3.8, 4) is 0 Å². The Kier molecular flexibility index (Phi) is 13.8. The Morgan fingerprint density at radius 1 is 0.923 bits per heavy atom. The van der Waals surface area contributed by atoms with Crippen LogP contribution in [0.4, 0.5) is 38.5 Å². The number of hydrogen-bond donors (Lipinski definition) is 5. The molecule has 1 spiro atoms. The molecule has 346 valence electrons. The number of anilines is 2. The minimum Gasteiger partial charge on any atom is -0.427 e. The van der Waals surface area contributed by atoms with E-state index in [4.69, 9.17) is 4.74 Å². The van der Waals surface area contributed by atoms with Gasteiger partial charge in [-0.2, -0.15) is 13.2 Å². The minimum atomic E-state index is -4.83. The predicted octanol–water partition coefficient (Wildman–Crippen LogP) is 5.75. The molecule has 1 aliphatic carbocycles. The zero-order chi connectivity index (χ0) is 46.6. The fraction of sp³-hybridized carbons (Fsp3) is 0.444. The van der Waals surface area contributed by atoms with Crippen LogP contribution >= 0.6 is 0 Å². The van der Waals surface area contributed by atoms with Gasteiger partial charge < -0.3 is 30.7 Å². The van der Waals surface area contributed by atoms with Gasteiger partial charge in [0.2, 0.25) is 23.3 Å². The van der Waals surface area contributed by atoms with Crippen molar-refractivity contribution < 1.29 is 61.0 Å². The Labute approximate surface area is 371 Å². The van der Waals surface area contributed by atoms with Crippen molar-refractivity contribution in [2.45, 2.75) is 108 Å². The number of benzene rings is 3. The van der Waals surface area contributed by atoms with Gasteiger partial charge in [0, 0.05) is 60.5 Å². The molecule has 4 atom stereocenters. The smallest absolute Gasteiger partial charge is 0.418 e. The number of nitrogens with one attached hydrogen (secondary N) is 4. The molecule has 0 radical (unpaired) electrons. The number of piperidine rings is 1. The first-order chi connectivity index (χ1) is 31.0. The lowest BCUT2D eigenvalue weighted by Gasteiger charge is -2.31. The molecule has 20 heteroatoms. The van der Waals surface area contributed by atoms with Crippen LogP contribution in [0.15, 0.2) is 60.7 Å². The lowest BCUT2D eigenvalue weighted by atomic mass is 9.94. The molecule has 3 aromatic carbocycles. The average Bonchev–Trinajstić information content (AvgIpc) is 3.83. The Balaban J connectivity index is 0.806. The minimum absolute atomic E-state index is 0.0270. The van der Waals surface area contributed by atoms with E-state index in [2.05, 4.69) is 21.3 Å². The van der Waals surface area contributed by atoms with Crippen LogP contribution in [0.2, 0.25) is 0 Å². The summed E-state index contributed by atoms with van der Waals surface area (Å²) in [7, 11) is 0. The van der Waals surface area contributed by atoms with E-state index in [1.54, 1.807) is 24.3 Å². The zero-order valence-corrected chi connectivity index (χ0v) is 35.5. The van der Waals surface area contributed by atoms with Crippen LogP contribution in [0.3, 0.4) is 0 Å². The molecule has 3 heterocycles. The molecule has 2 fully saturated rings. The SMILES string of the molecule is C[C@H](N(Cc1ccc(F)cc1)C(=O)CN1C(=O)O[C@@]2(CCc3cc(NC(=O)NCCCCCCCCNc4ccc5c(c4)C(=O)N(C4CCC(=O)NC4=O)C5O)ccc32)C1=O)C(F)(F)F. The summed E-state index contributed by atoms with van der Waals surface area (Å²) in [6.45, 7) is 0.314. The summed E-state index contributed by atoms with van der Waals surface area (Å²) in [5.74, 6) is -4.12. The number of fused-ring (bicyclic) bond motifs is 3. The maximum Gasteiger partial charge on any atom is 0.418 e. The number of amides is 8. The second-order valence-corrected chi connectivity index (χ2v) is 16.6. The molecule has 0 saturated carbocycles. The molecule has 8 amide bonds. The van der Waals surface area contributed by atoms with Gasteiger partial charge in [0.15, 0.2) is 6.23 Å². The number of unbranched alkanes of at least 4 members (excludes halogenated alkanes) is 5. The zero-order valence-electron chi connectivity index (χ0n) is 35.5. The predicted molar refractivity (Wildman–Crippen MR) is 224 cm³/mol. The second kappa shape index (κ2) is 19.3. The molecule has 65 heavy (non-hydrogen) atoms. The number of rotatable bonds is 17. The molecule has 3 aromatic rings. The normalized spacial score (nSPS) is 20.7. The number of alkyl halides is 3. The van der Waals surface area contributed by atoms with E-state index in [-0.39, 0.29) is 31.2 Å². The Morgan fingerprint density at radius 2 is 1.62 bits per heavy atom. The number of ether oxygens (including phenoxy) is 1. The molecule has 2 saturated heterocycles. The van der Waals surface area contributed by atoms with Crippen molar-refractivity contribution in [3.05, 3.63) is 94.3 Å². The van der Waals surface area contributed by atoms with Crippen molar-refractivity contribution in [2.75, 3.05) is 30.3 Å². The highest BCUT2D eigenvalue weighted by Crippen LogP contribution is 2.46. The number of carbonyl (C=O) groups excluding carboxylic acids is 7. The maximum atomic E-state index is 13.8. The summed E-state index contributed by atoms with van der Waals surface area (Å²) in [4.78, 5) is 91.9. The summed E-state index contributed by atoms with van der Waals surface area (Å²) in [6, 6.07) is 10.7. The monoisotopic (exact) mass is 907 g/mol. The third kappa shape index (κ3) is 10.1. The molecule has 0 bridgehead atoms. The molecule has 5 N–H and O–H groups in total. The van der Waals surface area contributed by atoms with E-state index in [1.807, 2.05) is 0 Å². The number of hydrogen-bond acceptors (Lipinski definition) is 10. The van der Waals surface area contributed by atoms with E-state index in [9.17, 15) is 56.2 Å². The number of nitrogens with zero attached hydrogens (tertiary/aromatic N) is 3. The van der Waals surface area contributed by atoms with Crippen LogP contribution in [-0.4, -0.2) is 99.4 Å². The Bertz CT molecular complexity index is 2360. The lowest BCUT2D eigenvalue weighted by molar-refractivity contribution is -0.187. The topological polar surface area (TPSA) is 207 Å². The van der Waals surface area contributed by atoms with Gasteiger partial charge in [0.25, 0.3) is 11.8 Å². The first-order valence-corrected chi connectivity index (χ1v) is 21.5. The van der Waals surface area contributed by atoms with Gasteiger partial charge in [-0.05, 0) is 80.1 Å². The molecule has 0 aromatic heterocycles. The Hall–Kier alpha value is -6.57. The van der Waals surface area contributed by atoms with Gasteiger partial charge in [-0.3, -0.25) is 34.2 Å². The van der Waals surface area contributed by atoms with Crippen molar-refractivity contribution in [1.29, 1.82) is 0 Å². The van der Waals surface area contributed by atoms with E-state index >= 15 is 0 Å². The molecule has 3 aliphatic heterocycles. The van der Waals surface area contributed by atoms with Crippen molar-refractivity contribution in [1.82, 2.24) is 25.3 Å². The summed E-state index contributed by atoms with van der Waals surface area (Å²) in [5.41, 5.74) is 1.25. The highest BCUT2D eigenvalue weighted by molar-refractivity contribution is 6.07. The van der Waals surface area contributed by atoms with E-state index in [1.165, 1.54) is 24.3 Å². The molecular formula is C45H49F4N7O9. The quantitative estimate of drug-likeness (QED) is 0.0630. The highest BCUT2D eigenvalue weighted by atomic mass is 19.4. The third-order valence-electron chi connectivity index (χ3n) is 12.3. The van der Waals surface area contributed by atoms with Gasteiger partial charge in [-0.15, -0.1) is 0 Å². The largest absolute Gasteiger partial charge is 0.427 e.